The number of benzene rings is 3. The third-order valence-corrected chi connectivity index (χ3v) is 5.38. The largest absolute Gasteiger partial charge is 0.478 e. The number of aliphatic carboxylic acids is 1. The van der Waals surface area contributed by atoms with Crippen LogP contribution in [0.4, 0.5) is 10.5 Å². The van der Waals surface area contributed by atoms with Gasteiger partial charge in [0.1, 0.15) is 6.61 Å². The summed E-state index contributed by atoms with van der Waals surface area (Å²) in [4.78, 5) is 22.4. The molecule has 2 N–H and O–H groups in total. The van der Waals surface area contributed by atoms with E-state index in [2.05, 4.69) is 30.4 Å². The number of fused-ring (bicyclic) bond motifs is 1. The lowest BCUT2D eigenvalue weighted by Crippen LogP contribution is -2.20. The number of hydrogen-bond donors (Lipinski definition) is 2. The van der Waals surface area contributed by atoms with E-state index in [-0.39, 0.29) is 6.61 Å². The summed E-state index contributed by atoms with van der Waals surface area (Å²) in [5, 5.41) is 11.6. The molecule has 1 aliphatic heterocycles. The van der Waals surface area contributed by atoms with Crippen LogP contribution in [0.25, 0.3) is 17.2 Å². The fourth-order valence-corrected chi connectivity index (χ4v) is 3.89. The van der Waals surface area contributed by atoms with Crippen molar-refractivity contribution in [2.45, 2.75) is 20.0 Å². The van der Waals surface area contributed by atoms with Crippen LogP contribution < -0.4 is 5.32 Å². The highest BCUT2D eigenvalue weighted by atomic mass is 16.5. The quantitative estimate of drug-likeness (QED) is 0.363. The molecule has 5 nitrogen and oxygen atoms in total. The zero-order valence-electron chi connectivity index (χ0n) is 17.7. The molecule has 1 heterocycles. The molecule has 0 aliphatic carbocycles. The molecule has 1 aliphatic rings. The first kappa shape index (κ1) is 21.1. The van der Waals surface area contributed by atoms with Gasteiger partial charge in [0.25, 0.3) is 0 Å². The Labute approximate surface area is 186 Å². The SMILES string of the molecule is CC/C(=C(/c1ccc(/C=C/C(=O)O)cc1)c1ccc2c(c1)COC(=O)N2)c1ccccc1. The molecule has 0 fully saturated rings. The molecule has 160 valence electrons. The van der Waals surface area contributed by atoms with Crippen molar-refractivity contribution in [3.8, 4) is 0 Å². The van der Waals surface area contributed by atoms with Gasteiger partial charge in [0.05, 0.1) is 5.69 Å². The fourth-order valence-electron chi connectivity index (χ4n) is 3.89. The molecule has 3 aromatic carbocycles. The summed E-state index contributed by atoms with van der Waals surface area (Å²) in [5.41, 5.74) is 7.97. The van der Waals surface area contributed by atoms with E-state index in [1.807, 2.05) is 54.6 Å². The van der Waals surface area contributed by atoms with Crippen LogP contribution >= 0.6 is 0 Å². The van der Waals surface area contributed by atoms with Crippen molar-refractivity contribution in [2.75, 3.05) is 5.32 Å². The van der Waals surface area contributed by atoms with Gasteiger partial charge in [-0.15, -0.1) is 0 Å². The average Bonchev–Trinajstić information content (AvgIpc) is 2.82. The minimum atomic E-state index is -0.977. The minimum Gasteiger partial charge on any atom is -0.478 e. The van der Waals surface area contributed by atoms with E-state index < -0.39 is 12.1 Å². The van der Waals surface area contributed by atoms with Crippen molar-refractivity contribution >= 4 is 35.0 Å². The highest BCUT2D eigenvalue weighted by molar-refractivity contribution is 5.99. The van der Waals surface area contributed by atoms with Crippen molar-refractivity contribution in [2.24, 2.45) is 0 Å². The van der Waals surface area contributed by atoms with Crippen molar-refractivity contribution in [1.82, 2.24) is 0 Å². The number of carboxylic acid groups (broad SMARTS) is 1. The first-order valence-corrected chi connectivity index (χ1v) is 10.4. The third-order valence-electron chi connectivity index (χ3n) is 5.38. The zero-order chi connectivity index (χ0) is 22.5. The second-order valence-corrected chi connectivity index (χ2v) is 7.44. The predicted octanol–water partition coefficient (Wildman–Crippen LogP) is 6.22. The summed E-state index contributed by atoms with van der Waals surface area (Å²) in [7, 11) is 0. The molecule has 3 aromatic rings. The van der Waals surface area contributed by atoms with E-state index in [0.29, 0.717) is 0 Å². The highest BCUT2D eigenvalue weighted by Crippen LogP contribution is 2.36. The van der Waals surface area contributed by atoms with Gasteiger partial charge < -0.3 is 9.84 Å². The summed E-state index contributed by atoms with van der Waals surface area (Å²) in [5.74, 6) is -0.977. The second-order valence-electron chi connectivity index (χ2n) is 7.44. The molecule has 0 saturated heterocycles. The fraction of sp³-hybridized carbons (Fsp3) is 0.111. The lowest BCUT2D eigenvalue weighted by Gasteiger charge is -2.21. The maximum absolute atomic E-state index is 11.5. The minimum absolute atomic E-state index is 0.230. The number of hydrogen-bond acceptors (Lipinski definition) is 3. The van der Waals surface area contributed by atoms with Crippen LogP contribution in [0.1, 0.15) is 41.2 Å². The first-order chi connectivity index (χ1) is 15.5. The lowest BCUT2D eigenvalue weighted by molar-refractivity contribution is -0.131. The molecule has 5 heteroatoms. The molecule has 0 bridgehead atoms. The van der Waals surface area contributed by atoms with Crippen LogP contribution in [0.3, 0.4) is 0 Å². The Morgan fingerprint density at radius 2 is 1.72 bits per heavy atom. The maximum atomic E-state index is 11.5. The summed E-state index contributed by atoms with van der Waals surface area (Å²) in [6, 6.07) is 24.1. The average molecular weight is 425 g/mol. The van der Waals surface area contributed by atoms with Gasteiger partial charge in [0, 0.05) is 11.6 Å². The molecule has 32 heavy (non-hydrogen) atoms. The molecule has 0 saturated carbocycles. The normalized spacial score (nSPS) is 13.7. The van der Waals surface area contributed by atoms with Gasteiger partial charge >= 0.3 is 12.1 Å². The smallest absolute Gasteiger partial charge is 0.411 e. The molecule has 0 atom stereocenters. The van der Waals surface area contributed by atoms with Crippen molar-refractivity contribution < 1.29 is 19.4 Å². The highest BCUT2D eigenvalue weighted by Gasteiger charge is 2.19. The van der Waals surface area contributed by atoms with Crippen molar-refractivity contribution in [1.29, 1.82) is 0 Å². The van der Waals surface area contributed by atoms with Crippen LogP contribution in [-0.4, -0.2) is 17.2 Å². The Morgan fingerprint density at radius 1 is 1.00 bits per heavy atom. The second kappa shape index (κ2) is 9.35. The van der Waals surface area contributed by atoms with E-state index in [1.165, 1.54) is 5.57 Å². The van der Waals surface area contributed by atoms with Gasteiger partial charge in [-0.25, -0.2) is 9.59 Å². The maximum Gasteiger partial charge on any atom is 0.411 e. The zero-order valence-corrected chi connectivity index (χ0v) is 17.7. The number of ether oxygens (including phenoxy) is 1. The van der Waals surface area contributed by atoms with Gasteiger partial charge in [0.15, 0.2) is 0 Å². The topological polar surface area (TPSA) is 75.6 Å². The number of anilines is 1. The molecular weight excluding hydrogens is 402 g/mol. The standard InChI is InChI=1S/C27H23NO4/c1-2-23(19-6-4-3-5-7-19)26(20-11-8-18(9-12-20)10-15-25(29)30)21-13-14-24-22(16-21)17-32-27(31)28-24/h3-16H,2,17H2,1H3,(H,28,31)(H,29,30)/b15-10+,26-23+. The van der Waals surface area contributed by atoms with Crippen LogP contribution in [0, 0.1) is 0 Å². The lowest BCUT2D eigenvalue weighted by atomic mass is 9.87. The Balaban J connectivity index is 1.86. The Hall–Kier alpha value is -4.12. The van der Waals surface area contributed by atoms with E-state index in [1.54, 1.807) is 6.08 Å². The number of allylic oxidation sites excluding steroid dienone is 1. The Kier molecular flexibility index (Phi) is 6.17. The molecular formula is C27H23NO4. The number of carbonyl (C=O) groups is 2. The van der Waals surface area contributed by atoms with Gasteiger partial charge in [-0.05, 0) is 58.0 Å². The molecule has 0 unspecified atom stereocenters. The van der Waals surface area contributed by atoms with E-state index in [9.17, 15) is 9.59 Å². The van der Waals surface area contributed by atoms with Gasteiger partial charge in [-0.1, -0.05) is 67.6 Å². The Morgan fingerprint density at radius 3 is 2.41 bits per heavy atom. The number of carboxylic acids is 1. The summed E-state index contributed by atoms with van der Waals surface area (Å²) < 4.78 is 5.16. The first-order valence-electron chi connectivity index (χ1n) is 10.4. The number of amides is 1. The third kappa shape index (κ3) is 4.62. The molecule has 0 radical (unpaired) electrons. The van der Waals surface area contributed by atoms with E-state index >= 15 is 0 Å². The van der Waals surface area contributed by atoms with Crippen LogP contribution in [0.2, 0.25) is 0 Å². The molecule has 4 rings (SSSR count). The molecule has 1 amide bonds. The summed E-state index contributed by atoms with van der Waals surface area (Å²) in [6.07, 6.45) is 3.09. The summed E-state index contributed by atoms with van der Waals surface area (Å²) in [6.45, 7) is 2.36. The van der Waals surface area contributed by atoms with Gasteiger partial charge in [-0.2, -0.15) is 0 Å². The van der Waals surface area contributed by atoms with Crippen molar-refractivity contribution in [3.63, 3.8) is 0 Å². The van der Waals surface area contributed by atoms with Crippen LogP contribution in [0.5, 0.6) is 0 Å². The number of carbonyl (C=O) groups excluding carboxylic acids is 1. The van der Waals surface area contributed by atoms with Crippen LogP contribution in [0.15, 0.2) is 78.9 Å². The number of cyclic esters (lactones) is 1. The predicted molar refractivity (Wildman–Crippen MR) is 126 cm³/mol. The van der Waals surface area contributed by atoms with Crippen molar-refractivity contribution in [3.05, 3.63) is 107 Å². The van der Waals surface area contributed by atoms with E-state index in [4.69, 9.17) is 9.84 Å². The van der Waals surface area contributed by atoms with E-state index in [0.717, 1.165) is 51.6 Å². The van der Waals surface area contributed by atoms with Gasteiger partial charge in [0.2, 0.25) is 0 Å². The number of rotatable bonds is 6. The van der Waals surface area contributed by atoms with Crippen LogP contribution in [-0.2, 0) is 16.1 Å². The summed E-state index contributed by atoms with van der Waals surface area (Å²) >= 11 is 0. The molecule has 0 aromatic heterocycles. The monoisotopic (exact) mass is 425 g/mol. The molecule has 0 spiro atoms. The van der Waals surface area contributed by atoms with Gasteiger partial charge in [-0.3, -0.25) is 5.32 Å². The number of nitrogens with one attached hydrogen (secondary N) is 1. The Bertz CT molecular complexity index is 1210.